The highest BCUT2D eigenvalue weighted by molar-refractivity contribution is 5.01. The van der Waals surface area contributed by atoms with Gasteiger partial charge in [0.2, 0.25) is 0 Å². The van der Waals surface area contributed by atoms with Gasteiger partial charge in [-0.3, -0.25) is 0 Å². The minimum absolute atomic E-state index is 0.650. The van der Waals surface area contributed by atoms with E-state index in [1.165, 1.54) is 0 Å². The summed E-state index contributed by atoms with van der Waals surface area (Å²) in [5.41, 5.74) is 5.17. The van der Waals surface area contributed by atoms with Gasteiger partial charge in [-0.2, -0.15) is 0 Å². The van der Waals surface area contributed by atoms with Crippen molar-refractivity contribution >= 4 is 0 Å². The van der Waals surface area contributed by atoms with Crippen molar-refractivity contribution in [2.24, 2.45) is 5.73 Å². The molecule has 0 bridgehead atoms. The highest BCUT2D eigenvalue weighted by atomic mass is 16.3. The molecule has 0 aromatic heterocycles. The molecule has 0 aliphatic heterocycles. The van der Waals surface area contributed by atoms with E-state index in [0.29, 0.717) is 5.70 Å². The van der Waals surface area contributed by atoms with E-state index in [9.17, 15) is 0 Å². The maximum absolute atomic E-state index is 9.03. The molecule has 0 aromatic carbocycles. The Morgan fingerprint density at radius 2 is 2.00 bits per heavy atom. The van der Waals surface area contributed by atoms with Gasteiger partial charge in [0.05, 0.1) is 5.60 Å². The third kappa shape index (κ3) is 5.50. The molecule has 0 heterocycles. The van der Waals surface area contributed by atoms with Crippen molar-refractivity contribution in [2.75, 3.05) is 0 Å². The van der Waals surface area contributed by atoms with Gasteiger partial charge in [-0.1, -0.05) is 0 Å². The van der Waals surface area contributed by atoms with Crippen molar-refractivity contribution in [1.29, 1.82) is 0 Å². The molecule has 0 aromatic rings. The Hall–Kier alpha value is -0.500. The Morgan fingerprint density at radius 3 is 2.00 bits per heavy atom. The molecule has 0 unspecified atom stereocenters. The average Bonchev–Trinajstić information content (AvgIpc) is 1.21. The van der Waals surface area contributed by atoms with Crippen LogP contribution in [0.25, 0.3) is 0 Å². The van der Waals surface area contributed by atoms with Crippen LogP contribution in [0.3, 0.4) is 0 Å². The van der Waals surface area contributed by atoms with E-state index >= 15 is 0 Å². The quantitative estimate of drug-likeness (QED) is 0.526. The Morgan fingerprint density at radius 1 is 1.62 bits per heavy atom. The Kier molecular flexibility index (Phi) is 2.04. The van der Waals surface area contributed by atoms with Gasteiger partial charge < -0.3 is 10.8 Å². The van der Waals surface area contributed by atoms with E-state index in [-0.39, 0.29) is 0 Å². The van der Waals surface area contributed by atoms with E-state index in [0.717, 1.165) is 0 Å². The van der Waals surface area contributed by atoms with Gasteiger partial charge in [0.1, 0.15) is 0 Å². The number of nitrogens with two attached hydrogens (primary N) is 1. The lowest BCUT2D eigenvalue weighted by Gasteiger charge is -2.10. The summed E-state index contributed by atoms with van der Waals surface area (Å²) in [6.45, 7) is 5.12. The van der Waals surface area contributed by atoms with Crippen molar-refractivity contribution in [3.8, 4) is 0 Å². The summed E-state index contributed by atoms with van der Waals surface area (Å²) in [5, 5.41) is 9.03. The molecule has 0 aliphatic rings. The first-order chi connectivity index (χ1) is 3.42. The fourth-order valence-electron chi connectivity index (χ4n) is 0.557. The van der Waals surface area contributed by atoms with Gasteiger partial charge in [-0.15, -0.1) is 0 Å². The van der Waals surface area contributed by atoms with E-state index in [2.05, 4.69) is 0 Å². The normalized spacial score (nSPS) is 14.2. The summed E-state index contributed by atoms with van der Waals surface area (Å²) >= 11 is 0. The van der Waals surface area contributed by atoms with Gasteiger partial charge in [-0.25, -0.2) is 0 Å². The van der Waals surface area contributed by atoms with Crippen LogP contribution in [0.5, 0.6) is 0 Å². The first-order valence-electron chi connectivity index (χ1n) is 2.59. The van der Waals surface area contributed by atoms with Crippen LogP contribution in [0.2, 0.25) is 0 Å². The minimum Gasteiger partial charge on any atom is -0.402 e. The first kappa shape index (κ1) is 7.50. The first-order valence-corrected chi connectivity index (χ1v) is 2.59. The van der Waals surface area contributed by atoms with Gasteiger partial charge >= 0.3 is 0 Å². The van der Waals surface area contributed by atoms with Crippen LogP contribution in [-0.4, -0.2) is 10.7 Å². The Balaban J connectivity index is 3.89. The topological polar surface area (TPSA) is 46.2 Å². The molecule has 0 fully saturated rings. The molecule has 2 nitrogen and oxygen atoms in total. The van der Waals surface area contributed by atoms with E-state index in [1.807, 2.05) is 0 Å². The fourth-order valence-corrected chi connectivity index (χ4v) is 0.557. The lowest BCUT2D eigenvalue weighted by Crippen LogP contribution is -2.16. The standard InChI is InChI=1S/C6H13NO/c1-5(7)4-6(2,3)8/h4,8H,7H2,1-3H3/b5-4+. The predicted octanol–water partition coefficient (Wildman–Crippen LogP) is 0.620. The molecule has 3 N–H and O–H groups in total. The molecule has 0 rings (SSSR count). The summed E-state index contributed by atoms with van der Waals surface area (Å²) in [5.74, 6) is 0. The monoisotopic (exact) mass is 115 g/mol. The fraction of sp³-hybridized carbons (Fsp3) is 0.667. The zero-order valence-corrected chi connectivity index (χ0v) is 5.60. The van der Waals surface area contributed by atoms with Crippen molar-refractivity contribution in [3.05, 3.63) is 11.8 Å². The third-order valence-electron chi connectivity index (χ3n) is 0.581. The minimum atomic E-state index is -0.765. The zero-order valence-electron chi connectivity index (χ0n) is 5.60. The Bertz CT molecular complexity index is 95.6. The van der Waals surface area contributed by atoms with Crippen LogP contribution in [-0.2, 0) is 0 Å². The number of hydrogen-bond acceptors (Lipinski definition) is 2. The van der Waals surface area contributed by atoms with Crippen LogP contribution in [0.4, 0.5) is 0 Å². The van der Waals surface area contributed by atoms with Gasteiger partial charge in [-0.05, 0) is 26.8 Å². The molecule has 48 valence electrons. The van der Waals surface area contributed by atoms with Crippen molar-refractivity contribution in [3.63, 3.8) is 0 Å². The SMILES string of the molecule is C/C(N)=C\C(C)(C)O. The molecule has 2 heteroatoms. The molecule has 0 atom stereocenters. The van der Waals surface area contributed by atoms with E-state index in [1.54, 1.807) is 26.8 Å². The van der Waals surface area contributed by atoms with Crippen molar-refractivity contribution < 1.29 is 5.11 Å². The molecule has 8 heavy (non-hydrogen) atoms. The maximum Gasteiger partial charge on any atom is 0.0790 e. The van der Waals surface area contributed by atoms with Crippen molar-refractivity contribution in [2.45, 2.75) is 26.4 Å². The zero-order chi connectivity index (χ0) is 6.78. The third-order valence-corrected chi connectivity index (χ3v) is 0.581. The molecular formula is C6H13NO. The summed E-state index contributed by atoms with van der Waals surface area (Å²) in [7, 11) is 0. The maximum atomic E-state index is 9.03. The molecular weight excluding hydrogens is 102 g/mol. The summed E-state index contributed by atoms with van der Waals surface area (Å²) in [4.78, 5) is 0. The van der Waals surface area contributed by atoms with Crippen LogP contribution < -0.4 is 5.73 Å². The number of aliphatic hydroxyl groups is 1. The molecule has 0 saturated carbocycles. The second-order valence-corrected chi connectivity index (χ2v) is 2.54. The average molecular weight is 115 g/mol. The van der Waals surface area contributed by atoms with Gasteiger partial charge in [0.25, 0.3) is 0 Å². The smallest absolute Gasteiger partial charge is 0.0790 e. The lowest BCUT2D eigenvalue weighted by atomic mass is 10.1. The largest absolute Gasteiger partial charge is 0.402 e. The van der Waals surface area contributed by atoms with Crippen LogP contribution >= 0.6 is 0 Å². The van der Waals surface area contributed by atoms with Crippen LogP contribution in [0.15, 0.2) is 11.8 Å². The summed E-state index contributed by atoms with van der Waals surface area (Å²) < 4.78 is 0. The number of hydrogen-bond donors (Lipinski definition) is 2. The molecule has 0 amide bonds. The summed E-state index contributed by atoms with van der Waals surface area (Å²) in [6.07, 6.45) is 1.60. The number of rotatable bonds is 1. The highest BCUT2D eigenvalue weighted by Gasteiger charge is 2.06. The molecule has 0 aliphatic carbocycles. The van der Waals surface area contributed by atoms with Crippen LogP contribution in [0, 0.1) is 0 Å². The molecule has 0 spiro atoms. The second kappa shape index (κ2) is 2.18. The van der Waals surface area contributed by atoms with E-state index in [4.69, 9.17) is 10.8 Å². The van der Waals surface area contributed by atoms with Crippen LogP contribution in [0.1, 0.15) is 20.8 Å². The van der Waals surface area contributed by atoms with Gasteiger partial charge in [0, 0.05) is 5.70 Å². The lowest BCUT2D eigenvalue weighted by molar-refractivity contribution is 0.132. The Labute approximate surface area is 50.0 Å². The van der Waals surface area contributed by atoms with Crippen molar-refractivity contribution in [1.82, 2.24) is 0 Å². The number of allylic oxidation sites excluding steroid dienone is 1. The second-order valence-electron chi connectivity index (χ2n) is 2.54. The molecule has 0 radical (unpaired) electrons. The molecule has 0 saturated heterocycles. The predicted molar refractivity (Wildman–Crippen MR) is 34.2 cm³/mol. The summed E-state index contributed by atoms with van der Waals surface area (Å²) in [6, 6.07) is 0. The van der Waals surface area contributed by atoms with E-state index < -0.39 is 5.60 Å². The van der Waals surface area contributed by atoms with Gasteiger partial charge in [0.15, 0.2) is 0 Å². The highest BCUT2D eigenvalue weighted by Crippen LogP contribution is 2.03.